The van der Waals surface area contributed by atoms with Crippen LogP contribution in [-0.2, 0) is 6.42 Å². The Bertz CT molecular complexity index is 804. The van der Waals surface area contributed by atoms with Gasteiger partial charge >= 0.3 is 6.61 Å². The van der Waals surface area contributed by atoms with Crippen molar-refractivity contribution in [3.05, 3.63) is 53.8 Å². The molecule has 30 heavy (non-hydrogen) atoms. The van der Waals surface area contributed by atoms with Gasteiger partial charge in [0.05, 0.1) is 0 Å². The van der Waals surface area contributed by atoms with Crippen molar-refractivity contribution in [3.63, 3.8) is 0 Å². The van der Waals surface area contributed by atoms with Crippen LogP contribution < -0.4 is 4.74 Å². The van der Waals surface area contributed by atoms with Crippen molar-refractivity contribution in [2.24, 2.45) is 17.8 Å². The second-order valence-electron chi connectivity index (χ2n) is 9.08. The standard InChI is InChI=1S/C26H31F3O/c27-24-17-23(15-16-25(24)30-26(28)29)22-13-9-19(10-14-22)6-5-18-7-11-21(12-8-18)20-3-1-2-4-20/h9-10,13-18,20-21,26H,1-8,11-12H2. The third-order valence-electron chi connectivity index (χ3n) is 7.23. The van der Waals surface area contributed by atoms with Gasteiger partial charge in [0.25, 0.3) is 0 Å². The minimum atomic E-state index is -3.03. The van der Waals surface area contributed by atoms with E-state index in [0.717, 1.165) is 29.7 Å². The zero-order valence-electron chi connectivity index (χ0n) is 17.5. The molecule has 0 amide bonds. The molecule has 0 saturated heterocycles. The molecule has 2 saturated carbocycles. The number of ether oxygens (including phenoxy) is 1. The Morgan fingerprint density at radius 3 is 2.07 bits per heavy atom. The zero-order valence-corrected chi connectivity index (χ0v) is 17.5. The lowest BCUT2D eigenvalue weighted by molar-refractivity contribution is -0.0521. The molecule has 2 aliphatic rings. The number of rotatable bonds is 7. The highest BCUT2D eigenvalue weighted by Gasteiger charge is 2.29. The summed E-state index contributed by atoms with van der Waals surface area (Å²) in [6.45, 7) is -3.03. The molecule has 0 atom stereocenters. The van der Waals surface area contributed by atoms with Crippen LogP contribution in [0.2, 0.25) is 0 Å². The third kappa shape index (κ3) is 5.39. The first kappa shape index (κ1) is 21.3. The first-order chi connectivity index (χ1) is 14.6. The molecular weight excluding hydrogens is 385 g/mol. The van der Waals surface area contributed by atoms with E-state index < -0.39 is 18.2 Å². The summed E-state index contributed by atoms with van der Waals surface area (Å²) in [5.41, 5.74) is 2.83. The van der Waals surface area contributed by atoms with Gasteiger partial charge < -0.3 is 4.74 Å². The summed E-state index contributed by atoms with van der Waals surface area (Å²) in [4.78, 5) is 0. The van der Waals surface area contributed by atoms with Crippen molar-refractivity contribution in [2.75, 3.05) is 0 Å². The molecule has 0 bridgehead atoms. The second kappa shape index (κ2) is 9.89. The van der Waals surface area contributed by atoms with Gasteiger partial charge in [0.15, 0.2) is 11.6 Å². The minimum absolute atomic E-state index is 0.423. The Balaban J connectivity index is 1.27. The van der Waals surface area contributed by atoms with E-state index in [1.165, 1.54) is 75.5 Å². The fourth-order valence-electron chi connectivity index (χ4n) is 5.48. The Kier molecular flexibility index (Phi) is 7.01. The summed E-state index contributed by atoms with van der Waals surface area (Å²) >= 11 is 0. The summed E-state index contributed by atoms with van der Waals surface area (Å²) < 4.78 is 42.7. The van der Waals surface area contributed by atoms with Crippen LogP contribution in [0.1, 0.15) is 63.4 Å². The Morgan fingerprint density at radius 1 is 0.800 bits per heavy atom. The van der Waals surface area contributed by atoms with Gasteiger partial charge in [-0.3, -0.25) is 0 Å². The van der Waals surface area contributed by atoms with Crippen molar-refractivity contribution >= 4 is 0 Å². The number of alkyl halides is 2. The fraction of sp³-hybridized carbons (Fsp3) is 0.538. The summed E-state index contributed by atoms with van der Waals surface area (Å²) in [5, 5.41) is 0. The van der Waals surface area contributed by atoms with Gasteiger partial charge in [-0.15, -0.1) is 0 Å². The molecule has 0 unspecified atom stereocenters. The lowest BCUT2D eigenvalue weighted by Gasteiger charge is -2.32. The number of hydrogen-bond donors (Lipinski definition) is 0. The van der Waals surface area contributed by atoms with Crippen LogP contribution in [0.25, 0.3) is 11.1 Å². The number of aryl methyl sites for hydroxylation is 1. The SMILES string of the molecule is Fc1cc(-c2ccc(CCC3CCC(C4CCCC4)CC3)cc2)ccc1OC(F)F. The van der Waals surface area contributed by atoms with Gasteiger partial charge in [-0.05, 0) is 72.3 Å². The van der Waals surface area contributed by atoms with E-state index in [0.29, 0.717) is 5.56 Å². The third-order valence-corrected chi connectivity index (χ3v) is 7.23. The quantitative estimate of drug-likeness (QED) is 0.444. The molecule has 4 rings (SSSR count). The van der Waals surface area contributed by atoms with Crippen LogP contribution >= 0.6 is 0 Å². The summed E-state index contributed by atoms with van der Waals surface area (Å²) in [6.07, 6.45) is 13.7. The maximum atomic E-state index is 14.0. The normalized spacial score (nSPS) is 22.5. The van der Waals surface area contributed by atoms with E-state index in [2.05, 4.69) is 16.9 Å². The first-order valence-corrected chi connectivity index (χ1v) is 11.4. The molecule has 0 aliphatic heterocycles. The highest BCUT2D eigenvalue weighted by atomic mass is 19.3. The smallest absolute Gasteiger partial charge is 0.387 e. The van der Waals surface area contributed by atoms with Crippen molar-refractivity contribution in [1.29, 1.82) is 0 Å². The fourth-order valence-corrected chi connectivity index (χ4v) is 5.48. The van der Waals surface area contributed by atoms with Gasteiger partial charge in [0, 0.05) is 0 Å². The summed E-state index contributed by atoms with van der Waals surface area (Å²) in [5.74, 6) is 1.65. The summed E-state index contributed by atoms with van der Waals surface area (Å²) in [7, 11) is 0. The molecule has 0 heterocycles. The van der Waals surface area contributed by atoms with Crippen LogP contribution in [0.3, 0.4) is 0 Å². The molecule has 4 heteroatoms. The van der Waals surface area contributed by atoms with Crippen molar-refractivity contribution in [2.45, 2.75) is 70.8 Å². The second-order valence-corrected chi connectivity index (χ2v) is 9.08. The predicted molar refractivity (Wildman–Crippen MR) is 114 cm³/mol. The predicted octanol–water partition coefficient (Wildman–Crippen LogP) is 8.02. The Hall–Kier alpha value is -1.97. The van der Waals surface area contributed by atoms with E-state index in [-0.39, 0.29) is 0 Å². The first-order valence-electron chi connectivity index (χ1n) is 11.4. The lowest BCUT2D eigenvalue weighted by Crippen LogP contribution is -2.20. The van der Waals surface area contributed by atoms with Crippen LogP contribution in [0.5, 0.6) is 5.75 Å². The van der Waals surface area contributed by atoms with E-state index in [1.54, 1.807) is 6.07 Å². The minimum Gasteiger partial charge on any atom is -0.432 e. The van der Waals surface area contributed by atoms with Gasteiger partial charge in [-0.1, -0.05) is 68.9 Å². The molecule has 0 N–H and O–H groups in total. The average Bonchev–Trinajstić information content (AvgIpc) is 3.29. The van der Waals surface area contributed by atoms with E-state index in [1.807, 2.05) is 12.1 Å². The topological polar surface area (TPSA) is 9.23 Å². The largest absolute Gasteiger partial charge is 0.432 e. The molecule has 2 aliphatic carbocycles. The number of benzene rings is 2. The van der Waals surface area contributed by atoms with Crippen LogP contribution in [-0.4, -0.2) is 6.61 Å². The lowest BCUT2D eigenvalue weighted by atomic mass is 9.74. The maximum absolute atomic E-state index is 14.0. The molecular formula is C26H31F3O. The van der Waals surface area contributed by atoms with Gasteiger partial charge in [-0.25, -0.2) is 4.39 Å². The monoisotopic (exact) mass is 416 g/mol. The van der Waals surface area contributed by atoms with Crippen molar-refractivity contribution in [1.82, 2.24) is 0 Å². The Labute approximate surface area is 177 Å². The van der Waals surface area contributed by atoms with Crippen LogP contribution in [0.15, 0.2) is 42.5 Å². The van der Waals surface area contributed by atoms with E-state index in [4.69, 9.17) is 0 Å². The Morgan fingerprint density at radius 2 is 1.43 bits per heavy atom. The molecule has 162 valence electrons. The van der Waals surface area contributed by atoms with E-state index in [9.17, 15) is 13.2 Å². The molecule has 2 fully saturated rings. The molecule has 0 aromatic heterocycles. The molecule has 1 nitrogen and oxygen atoms in total. The zero-order chi connectivity index (χ0) is 20.9. The van der Waals surface area contributed by atoms with Gasteiger partial charge in [0.1, 0.15) is 0 Å². The van der Waals surface area contributed by atoms with Gasteiger partial charge in [0.2, 0.25) is 0 Å². The van der Waals surface area contributed by atoms with Crippen LogP contribution in [0.4, 0.5) is 13.2 Å². The summed E-state index contributed by atoms with van der Waals surface area (Å²) in [6, 6.07) is 12.3. The van der Waals surface area contributed by atoms with Crippen molar-refractivity contribution in [3.8, 4) is 16.9 Å². The highest BCUT2D eigenvalue weighted by molar-refractivity contribution is 5.64. The highest BCUT2D eigenvalue weighted by Crippen LogP contribution is 2.41. The number of hydrogen-bond acceptors (Lipinski definition) is 1. The van der Waals surface area contributed by atoms with Gasteiger partial charge in [-0.2, -0.15) is 8.78 Å². The van der Waals surface area contributed by atoms with E-state index >= 15 is 0 Å². The number of halogens is 3. The molecule has 2 aromatic rings. The molecule has 0 spiro atoms. The maximum Gasteiger partial charge on any atom is 0.387 e. The molecule has 0 radical (unpaired) electrons. The van der Waals surface area contributed by atoms with Crippen molar-refractivity contribution < 1.29 is 17.9 Å². The molecule has 2 aromatic carbocycles. The van der Waals surface area contributed by atoms with Crippen LogP contribution in [0, 0.1) is 23.6 Å². The average molecular weight is 417 g/mol.